The first-order valence-electron chi connectivity index (χ1n) is 4.84. The summed E-state index contributed by atoms with van der Waals surface area (Å²) in [6.07, 6.45) is -5.06. The second-order valence-corrected chi connectivity index (χ2v) is 5.66. The molecule has 0 aromatic rings. The number of hydrogen-bond donors (Lipinski definition) is 1. The molecule has 0 unspecified atom stereocenters. The van der Waals surface area contributed by atoms with Gasteiger partial charge in [0.25, 0.3) is 0 Å². The standard InChI is InChI=1S/C8H17F3N2O2S/c1-12-5-3-7-16(14,15)13(2)6-4-8(9,10)11/h12H,3-7H2,1-2H3. The average molecular weight is 262 g/mol. The third-order valence-corrected chi connectivity index (χ3v) is 3.95. The Balaban J connectivity index is 4.10. The van der Waals surface area contributed by atoms with Crippen LogP contribution in [-0.4, -0.2) is 51.8 Å². The highest BCUT2D eigenvalue weighted by atomic mass is 32.2. The van der Waals surface area contributed by atoms with E-state index in [9.17, 15) is 21.6 Å². The SMILES string of the molecule is CNCCCS(=O)(=O)N(C)CCC(F)(F)F. The molecule has 0 rings (SSSR count). The monoisotopic (exact) mass is 262 g/mol. The smallest absolute Gasteiger partial charge is 0.320 e. The Morgan fingerprint density at radius 3 is 2.31 bits per heavy atom. The Morgan fingerprint density at radius 2 is 1.88 bits per heavy atom. The van der Waals surface area contributed by atoms with Crippen molar-refractivity contribution in [2.45, 2.75) is 19.0 Å². The molecule has 0 aliphatic heterocycles. The minimum atomic E-state index is -4.32. The van der Waals surface area contributed by atoms with E-state index in [4.69, 9.17) is 0 Å². The fraction of sp³-hybridized carbons (Fsp3) is 1.00. The molecule has 0 aliphatic carbocycles. The summed E-state index contributed by atoms with van der Waals surface area (Å²) >= 11 is 0. The van der Waals surface area contributed by atoms with Crippen LogP contribution in [0.15, 0.2) is 0 Å². The highest BCUT2D eigenvalue weighted by Crippen LogP contribution is 2.20. The van der Waals surface area contributed by atoms with Gasteiger partial charge < -0.3 is 5.32 Å². The van der Waals surface area contributed by atoms with Gasteiger partial charge in [-0.2, -0.15) is 13.2 Å². The van der Waals surface area contributed by atoms with Crippen LogP contribution in [0.25, 0.3) is 0 Å². The molecule has 0 aromatic carbocycles. The summed E-state index contributed by atoms with van der Waals surface area (Å²) in [5, 5.41) is 2.77. The third-order valence-electron chi connectivity index (χ3n) is 2.01. The zero-order valence-electron chi connectivity index (χ0n) is 9.34. The van der Waals surface area contributed by atoms with E-state index in [-0.39, 0.29) is 5.75 Å². The van der Waals surface area contributed by atoms with Gasteiger partial charge in [-0.1, -0.05) is 0 Å². The van der Waals surface area contributed by atoms with Crippen LogP contribution in [0, 0.1) is 0 Å². The van der Waals surface area contributed by atoms with Crippen molar-refractivity contribution >= 4 is 10.0 Å². The maximum atomic E-state index is 11.9. The van der Waals surface area contributed by atoms with Crippen LogP contribution < -0.4 is 5.32 Å². The van der Waals surface area contributed by atoms with E-state index in [1.54, 1.807) is 7.05 Å². The lowest BCUT2D eigenvalue weighted by Gasteiger charge is -2.17. The summed E-state index contributed by atoms with van der Waals surface area (Å²) in [5.74, 6) is -0.137. The second kappa shape index (κ2) is 6.41. The van der Waals surface area contributed by atoms with E-state index in [0.29, 0.717) is 13.0 Å². The average Bonchev–Trinajstić information content (AvgIpc) is 2.13. The summed E-state index contributed by atoms with van der Waals surface area (Å²) in [4.78, 5) is 0. The zero-order chi connectivity index (χ0) is 12.8. The number of rotatable bonds is 7. The first-order chi connectivity index (χ1) is 7.19. The van der Waals surface area contributed by atoms with Gasteiger partial charge in [0.1, 0.15) is 0 Å². The number of sulfonamides is 1. The zero-order valence-corrected chi connectivity index (χ0v) is 10.2. The molecule has 4 nitrogen and oxygen atoms in total. The van der Waals surface area contributed by atoms with Crippen LogP contribution in [0.3, 0.4) is 0 Å². The van der Waals surface area contributed by atoms with Gasteiger partial charge in [-0.05, 0) is 20.0 Å². The van der Waals surface area contributed by atoms with E-state index in [2.05, 4.69) is 5.32 Å². The Labute approximate surface area is 93.9 Å². The predicted octanol–water partition coefficient (Wildman–Crippen LogP) is 0.810. The number of nitrogens with zero attached hydrogens (tertiary/aromatic N) is 1. The van der Waals surface area contributed by atoms with Gasteiger partial charge in [-0.25, -0.2) is 12.7 Å². The molecule has 0 amide bonds. The van der Waals surface area contributed by atoms with Crippen molar-refractivity contribution in [3.8, 4) is 0 Å². The van der Waals surface area contributed by atoms with Gasteiger partial charge in [-0.3, -0.25) is 0 Å². The number of halogens is 3. The molecule has 0 aromatic heterocycles. The van der Waals surface area contributed by atoms with Crippen LogP contribution in [-0.2, 0) is 10.0 Å². The molecule has 0 saturated heterocycles. The van der Waals surface area contributed by atoms with E-state index in [0.717, 1.165) is 4.31 Å². The van der Waals surface area contributed by atoms with Crippen molar-refractivity contribution in [2.75, 3.05) is 32.9 Å². The van der Waals surface area contributed by atoms with Crippen molar-refractivity contribution < 1.29 is 21.6 Å². The molecule has 0 bridgehead atoms. The minimum absolute atomic E-state index is 0.137. The molecular weight excluding hydrogens is 245 g/mol. The van der Waals surface area contributed by atoms with Crippen molar-refractivity contribution in [2.24, 2.45) is 0 Å². The molecule has 0 spiro atoms. The van der Waals surface area contributed by atoms with E-state index in [1.807, 2.05) is 0 Å². The van der Waals surface area contributed by atoms with Gasteiger partial charge in [0.15, 0.2) is 0 Å². The van der Waals surface area contributed by atoms with Crippen molar-refractivity contribution in [3.63, 3.8) is 0 Å². The molecule has 1 N–H and O–H groups in total. The Bertz CT molecular complexity index is 290. The molecule has 0 saturated carbocycles. The largest absolute Gasteiger partial charge is 0.390 e. The lowest BCUT2D eigenvalue weighted by molar-refractivity contribution is -0.135. The summed E-state index contributed by atoms with van der Waals surface area (Å²) in [6, 6.07) is 0. The Hall–Kier alpha value is -0.340. The van der Waals surface area contributed by atoms with E-state index >= 15 is 0 Å². The first-order valence-corrected chi connectivity index (χ1v) is 6.45. The van der Waals surface area contributed by atoms with Gasteiger partial charge in [0.05, 0.1) is 12.2 Å². The van der Waals surface area contributed by atoms with Gasteiger partial charge >= 0.3 is 6.18 Å². The summed E-state index contributed by atoms with van der Waals surface area (Å²) in [5.41, 5.74) is 0. The van der Waals surface area contributed by atoms with Crippen LogP contribution >= 0.6 is 0 Å². The quantitative estimate of drug-likeness (QED) is 0.691. The number of hydrogen-bond acceptors (Lipinski definition) is 3. The number of nitrogens with one attached hydrogen (secondary N) is 1. The first kappa shape index (κ1) is 15.7. The van der Waals surface area contributed by atoms with Crippen molar-refractivity contribution in [1.82, 2.24) is 9.62 Å². The lowest BCUT2D eigenvalue weighted by Crippen LogP contribution is -2.33. The van der Waals surface area contributed by atoms with Crippen molar-refractivity contribution in [1.29, 1.82) is 0 Å². The van der Waals surface area contributed by atoms with Crippen LogP contribution in [0.5, 0.6) is 0 Å². The fourth-order valence-electron chi connectivity index (χ4n) is 1.01. The van der Waals surface area contributed by atoms with E-state index < -0.39 is 29.2 Å². The Kier molecular flexibility index (Phi) is 6.27. The third kappa shape index (κ3) is 7.02. The highest BCUT2D eigenvalue weighted by Gasteiger charge is 2.29. The molecule has 0 radical (unpaired) electrons. The molecule has 98 valence electrons. The molecule has 0 heterocycles. The lowest BCUT2D eigenvalue weighted by atomic mass is 10.4. The predicted molar refractivity (Wildman–Crippen MR) is 55.6 cm³/mol. The summed E-state index contributed by atoms with van der Waals surface area (Å²) in [6.45, 7) is -0.00225. The minimum Gasteiger partial charge on any atom is -0.320 e. The maximum Gasteiger partial charge on any atom is 0.390 e. The molecule has 16 heavy (non-hydrogen) atoms. The molecule has 8 heteroatoms. The maximum absolute atomic E-state index is 11.9. The van der Waals surface area contributed by atoms with Crippen LogP contribution in [0.1, 0.15) is 12.8 Å². The van der Waals surface area contributed by atoms with Gasteiger partial charge in [-0.15, -0.1) is 0 Å². The number of alkyl halides is 3. The van der Waals surface area contributed by atoms with Gasteiger partial charge in [0.2, 0.25) is 10.0 Å². The summed E-state index contributed by atoms with van der Waals surface area (Å²) < 4.78 is 59.3. The van der Waals surface area contributed by atoms with Crippen molar-refractivity contribution in [3.05, 3.63) is 0 Å². The van der Waals surface area contributed by atoms with E-state index in [1.165, 1.54) is 7.05 Å². The topological polar surface area (TPSA) is 49.4 Å². The van der Waals surface area contributed by atoms with Crippen LogP contribution in [0.4, 0.5) is 13.2 Å². The summed E-state index contributed by atoms with van der Waals surface area (Å²) in [7, 11) is -0.714. The normalized spacial score (nSPS) is 13.4. The Morgan fingerprint density at radius 1 is 1.31 bits per heavy atom. The highest BCUT2D eigenvalue weighted by molar-refractivity contribution is 7.89. The second-order valence-electron chi connectivity index (χ2n) is 3.46. The molecule has 0 fully saturated rings. The molecule has 0 atom stereocenters. The molecule has 0 aliphatic rings. The van der Waals surface area contributed by atoms with Crippen LogP contribution in [0.2, 0.25) is 0 Å². The van der Waals surface area contributed by atoms with Gasteiger partial charge in [0, 0.05) is 13.6 Å². The fourth-order valence-corrected chi connectivity index (χ4v) is 2.20. The molecular formula is C8H17F3N2O2S.